The third kappa shape index (κ3) is 8.01. The number of hydrogen-bond donors (Lipinski definition) is 1. The normalized spacial score (nSPS) is 10.7. The summed E-state index contributed by atoms with van der Waals surface area (Å²) >= 11 is 0. The van der Waals surface area contributed by atoms with Gasteiger partial charge in [-0.2, -0.15) is 0 Å². The van der Waals surface area contributed by atoms with Crippen LogP contribution in [0.25, 0.3) is 5.57 Å². The number of amides is 1. The van der Waals surface area contributed by atoms with E-state index in [0.717, 1.165) is 12.0 Å². The molecule has 2 heteroatoms. The van der Waals surface area contributed by atoms with Crippen molar-refractivity contribution in [3.63, 3.8) is 0 Å². The van der Waals surface area contributed by atoms with Crippen LogP contribution in [0.15, 0.2) is 30.8 Å². The first-order valence-corrected chi connectivity index (χ1v) is 9.23. The highest BCUT2D eigenvalue weighted by atomic mass is 16.1. The van der Waals surface area contributed by atoms with Crippen molar-refractivity contribution < 1.29 is 4.79 Å². The van der Waals surface area contributed by atoms with E-state index < -0.39 is 5.91 Å². The summed E-state index contributed by atoms with van der Waals surface area (Å²) < 4.78 is 0. The van der Waals surface area contributed by atoms with Crippen LogP contribution in [0.3, 0.4) is 0 Å². The summed E-state index contributed by atoms with van der Waals surface area (Å²) in [7, 11) is 0. The number of aryl methyl sites for hydroxylation is 1. The van der Waals surface area contributed by atoms with Gasteiger partial charge in [0.15, 0.2) is 0 Å². The van der Waals surface area contributed by atoms with E-state index in [0.29, 0.717) is 5.57 Å². The molecule has 0 saturated heterocycles. The number of unbranched alkanes of at least 4 members (excludes halogenated alkanes) is 9. The molecule has 1 rings (SSSR count). The molecule has 0 aliphatic rings. The van der Waals surface area contributed by atoms with Crippen LogP contribution < -0.4 is 5.73 Å². The van der Waals surface area contributed by atoms with E-state index in [2.05, 4.69) is 19.6 Å². The van der Waals surface area contributed by atoms with Crippen molar-refractivity contribution in [3.8, 4) is 0 Å². The minimum absolute atomic E-state index is 0.424. The number of hydrogen-bond acceptors (Lipinski definition) is 1. The van der Waals surface area contributed by atoms with E-state index in [1.54, 1.807) is 0 Å². The maximum atomic E-state index is 11.3. The fraction of sp³-hybridized carbons (Fsp3) is 0.571. The smallest absolute Gasteiger partial charge is 0.248 e. The highest BCUT2D eigenvalue weighted by Gasteiger charge is 2.09. The van der Waals surface area contributed by atoms with Gasteiger partial charge in [-0.15, -0.1) is 0 Å². The first-order chi connectivity index (χ1) is 11.2. The molecule has 1 aromatic rings. The second-order valence-electron chi connectivity index (χ2n) is 6.43. The van der Waals surface area contributed by atoms with Gasteiger partial charge in [0.1, 0.15) is 0 Å². The van der Waals surface area contributed by atoms with Crippen molar-refractivity contribution in [3.05, 3.63) is 42.0 Å². The molecule has 0 fully saturated rings. The number of benzene rings is 1. The molecule has 0 aliphatic carbocycles. The Hall–Kier alpha value is -1.57. The molecule has 2 nitrogen and oxygen atoms in total. The van der Waals surface area contributed by atoms with Gasteiger partial charge in [0.05, 0.1) is 0 Å². The van der Waals surface area contributed by atoms with Gasteiger partial charge in [-0.25, -0.2) is 0 Å². The lowest BCUT2D eigenvalue weighted by Gasteiger charge is -2.09. The molecule has 2 N–H and O–H groups in total. The highest BCUT2D eigenvalue weighted by Crippen LogP contribution is 2.20. The third-order valence-electron chi connectivity index (χ3n) is 4.44. The van der Waals surface area contributed by atoms with Crippen LogP contribution in [0, 0.1) is 0 Å². The Balaban J connectivity index is 2.19. The molecular weight excluding hydrogens is 282 g/mol. The monoisotopic (exact) mass is 315 g/mol. The van der Waals surface area contributed by atoms with Crippen molar-refractivity contribution in [1.82, 2.24) is 0 Å². The van der Waals surface area contributed by atoms with Crippen LogP contribution in [-0.4, -0.2) is 5.91 Å². The second-order valence-corrected chi connectivity index (χ2v) is 6.43. The lowest BCUT2D eigenvalue weighted by molar-refractivity contribution is -0.112. The van der Waals surface area contributed by atoms with Gasteiger partial charge >= 0.3 is 0 Å². The molecule has 0 atom stereocenters. The average molecular weight is 316 g/mol. The van der Waals surface area contributed by atoms with Gasteiger partial charge in [-0.05, 0) is 24.0 Å². The highest BCUT2D eigenvalue weighted by molar-refractivity contribution is 6.18. The van der Waals surface area contributed by atoms with E-state index in [1.807, 2.05) is 18.2 Å². The van der Waals surface area contributed by atoms with Crippen LogP contribution >= 0.6 is 0 Å². The zero-order valence-electron chi connectivity index (χ0n) is 14.8. The molecule has 0 radical (unpaired) electrons. The van der Waals surface area contributed by atoms with Crippen LogP contribution in [0.1, 0.15) is 82.3 Å². The number of carbonyl (C=O) groups excluding carboxylic acids is 1. The quantitative estimate of drug-likeness (QED) is 0.371. The van der Waals surface area contributed by atoms with Gasteiger partial charge in [0, 0.05) is 5.57 Å². The van der Waals surface area contributed by atoms with Crippen molar-refractivity contribution in [1.29, 1.82) is 0 Å². The first kappa shape index (κ1) is 19.5. The molecule has 0 saturated carbocycles. The molecule has 1 amide bonds. The summed E-state index contributed by atoms with van der Waals surface area (Å²) in [6.07, 6.45) is 14.4. The number of nitrogens with two attached hydrogens (primary N) is 1. The van der Waals surface area contributed by atoms with E-state index in [4.69, 9.17) is 5.73 Å². The van der Waals surface area contributed by atoms with E-state index >= 15 is 0 Å². The Kier molecular flexibility index (Phi) is 10.1. The summed E-state index contributed by atoms with van der Waals surface area (Å²) in [5.41, 5.74) is 7.88. The van der Waals surface area contributed by atoms with Crippen molar-refractivity contribution in [2.75, 3.05) is 0 Å². The summed E-state index contributed by atoms with van der Waals surface area (Å²) in [6, 6.07) is 7.98. The number of primary amides is 1. The van der Waals surface area contributed by atoms with Gasteiger partial charge in [0.2, 0.25) is 5.91 Å². The largest absolute Gasteiger partial charge is 0.366 e. The summed E-state index contributed by atoms with van der Waals surface area (Å²) in [6.45, 7) is 6.07. The van der Waals surface area contributed by atoms with Crippen LogP contribution in [0.5, 0.6) is 0 Å². The molecule has 0 bridgehead atoms. The van der Waals surface area contributed by atoms with Crippen LogP contribution in [0.4, 0.5) is 0 Å². The molecular formula is C21H33NO. The maximum Gasteiger partial charge on any atom is 0.248 e. The maximum absolute atomic E-state index is 11.3. The Morgan fingerprint density at radius 3 is 2.00 bits per heavy atom. The standard InChI is InChI=1S/C21H33NO/c1-3-4-5-6-7-8-9-10-11-12-15-19-16-13-14-17-20(19)18(2)21(22)23/h13-14,16-17H,2-12,15H2,1H3,(H2,22,23). The topological polar surface area (TPSA) is 43.1 Å². The predicted molar refractivity (Wildman–Crippen MR) is 100 cm³/mol. The van der Waals surface area contributed by atoms with E-state index in [1.165, 1.54) is 69.8 Å². The number of rotatable bonds is 13. The molecule has 23 heavy (non-hydrogen) atoms. The number of carbonyl (C=O) groups is 1. The zero-order chi connectivity index (χ0) is 16.9. The molecule has 128 valence electrons. The fourth-order valence-electron chi connectivity index (χ4n) is 2.97. The van der Waals surface area contributed by atoms with E-state index in [-0.39, 0.29) is 0 Å². The van der Waals surface area contributed by atoms with Crippen molar-refractivity contribution >= 4 is 11.5 Å². The van der Waals surface area contributed by atoms with Gasteiger partial charge in [-0.1, -0.05) is 95.6 Å². The first-order valence-electron chi connectivity index (χ1n) is 9.23. The van der Waals surface area contributed by atoms with Crippen molar-refractivity contribution in [2.24, 2.45) is 5.73 Å². The SMILES string of the molecule is C=C(C(N)=O)c1ccccc1CCCCCCCCCCCC. The fourth-order valence-corrected chi connectivity index (χ4v) is 2.97. The molecule has 0 heterocycles. The Morgan fingerprint density at radius 2 is 1.43 bits per heavy atom. The Bertz CT molecular complexity index is 478. The van der Waals surface area contributed by atoms with Crippen LogP contribution in [-0.2, 0) is 11.2 Å². The second kappa shape index (κ2) is 11.9. The Labute approximate surface area is 142 Å². The van der Waals surface area contributed by atoms with E-state index in [9.17, 15) is 4.79 Å². The van der Waals surface area contributed by atoms with Crippen molar-refractivity contribution in [2.45, 2.75) is 77.6 Å². The Morgan fingerprint density at radius 1 is 0.913 bits per heavy atom. The average Bonchev–Trinajstić information content (AvgIpc) is 2.56. The van der Waals surface area contributed by atoms with Gasteiger partial charge in [0.25, 0.3) is 0 Å². The molecule has 0 unspecified atom stereocenters. The van der Waals surface area contributed by atoms with Gasteiger partial charge in [-0.3, -0.25) is 4.79 Å². The molecule has 0 aromatic heterocycles. The molecule has 0 spiro atoms. The van der Waals surface area contributed by atoms with Crippen LogP contribution in [0.2, 0.25) is 0 Å². The molecule has 1 aromatic carbocycles. The van der Waals surface area contributed by atoms with Gasteiger partial charge < -0.3 is 5.73 Å². The minimum Gasteiger partial charge on any atom is -0.366 e. The lowest BCUT2D eigenvalue weighted by Crippen LogP contribution is -2.13. The minimum atomic E-state index is -0.430. The third-order valence-corrected chi connectivity index (χ3v) is 4.44. The zero-order valence-corrected chi connectivity index (χ0v) is 14.8. The summed E-state index contributed by atoms with van der Waals surface area (Å²) in [5.74, 6) is -0.430. The summed E-state index contributed by atoms with van der Waals surface area (Å²) in [5, 5.41) is 0. The lowest BCUT2D eigenvalue weighted by atomic mass is 9.96. The summed E-state index contributed by atoms with van der Waals surface area (Å²) in [4.78, 5) is 11.3. The molecule has 0 aliphatic heterocycles. The predicted octanol–water partition coefficient (Wildman–Crippen LogP) is 5.65.